The van der Waals surface area contributed by atoms with E-state index >= 15 is 0 Å². The average Bonchev–Trinajstić information content (AvgIpc) is 2.95. The van der Waals surface area contributed by atoms with E-state index in [2.05, 4.69) is 21.2 Å². The highest BCUT2D eigenvalue weighted by molar-refractivity contribution is 9.10. The molecule has 1 aromatic carbocycles. The third kappa shape index (κ3) is 2.49. The fourth-order valence-electron chi connectivity index (χ4n) is 3.62. The Bertz CT molecular complexity index is 405. The van der Waals surface area contributed by atoms with Crippen molar-refractivity contribution in [3.63, 3.8) is 0 Å². The van der Waals surface area contributed by atoms with Gasteiger partial charge in [-0.15, -0.1) is 0 Å². The van der Waals surface area contributed by atoms with E-state index in [1.807, 2.05) is 24.3 Å². The minimum Gasteiger partial charge on any atom is -0.388 e. The largest absolute Gasteiger partial charge is 0.388 e. The lowest BCUT2D eigenvalue weighted by Crippen LogP contribution is -2.28. The number of aliphatic hydroxyl groups excluding tert-OH is 1. The van der Waals surface area contributed by atoms with E-state index in [1.165, 1.54) is 19.3 Å². The van der Waals surface area contributed by atoms with E-state index < -0.39 is 0 Å². The molecule has 2 nitrogen and oxygen atoms in total. The topological polar surface area (TPSA) is 32.3 Å². The van der Waals surface area contributed by atoms with Gasteiger partial charge in [-0.05, 0) is 55.3 Å². The van der Waals surface area contributed by atoms with Gasteiger partial charge in [-0.25, -0.2) is 0 Å². The number of hydrogen-bond acceptors (Lipinski definition) is 2. The summed E-state index contributed by atoms with van der Waals surface area (Å²) in [6, 6.07) is 8.53. The van der Waals surface area contributed by atoms with Crippen molar-refractivity contribution >= 4 is 15.9 Å². The lowest BCUT2D eigenvalue weighted by atomic mass is 9.89. The van der Waals surface area contributed by atoms with Crippen LogP contribution in [0.5, 0.6) is 0 Å². The lowest BCUT2D eigenvalue weighted by Gasteiger charge is -2.21. The Kier molecular flexibility index (Phi) is 3.73. The zero-order valence-corrected chi connectivity index (χ0v) is 12.1. The summed E-state index contributed by atoms with van der Waals surface area (Å²) in [6.45, 7) is 1.16. The molecule has 2 aliphatic rings. The smallest absolute Gasteiger partial charge is 0.0805 e. The van der Waals surface area contributed by atoms with Crippen LogP contribution >= 0.6 is 15.9 Å². The van der Waals surface area contributed by atoms with Crippen molar-refractivity contribution < 1.29 is 5.11 Å². The molecule has 0 bridgehead atoms. The Labute approximate surface area is 117 Å². The molecule has 3 rings (SSSR count). The first-order valence-corrected chi connectivity index (χ1v) is 7.70. The molecule has 2 N–H and O–H groups in total. The summed E-state index contributed by atoms with van der Waals surface area (Å²) in [7, 11) is 0. The average molecular weight is 310 g/mol. The van der Waals surface area contributed by atoms with Crippen LogP contribution in [0, 0.1) is 11.8 Å². The van der Waals surface area contributed by atoms with Gasteiger partial charge >= 0.3 is 0 Å². The molecule has 1 aromatic rings. The van der Waals surface area contributed by atoms with Crippen LogP contribution in [0.4, 0.5) is 0 Å². The normalized spacial score (nSPS) is 32.4. The van der Waals surface area contributed by atoms with Crippen LogP contribution in [-0.2, 0) is 0 Å². The number of fused-ring (bicyclic) bond motifs is 1. The van der Waals surface area contributed by atoms with Crippen molar-refractivity contribution in [3.05, 3.63) is 34.3 Å². The van der Waals surface area contributed by atoms with Crippen molar-refractivity contribution in [1.29, 1.82) is 0 Å². The molecular weight excluding hydrogens is 290 g/mol. The van der Waals surface area contributed by atoms with Crippen LogP contribution in [-0.4, -0.2) is 17.7 Å². The predicted octanol–water partition coefficient (Wildman–Crippen LogP) is 3.26. The maximum Gasteiger partial charge on any atom is 0.0805 e. The maximum atomic E-state index is 10.3. The molecule has 2 fully saturated rings. The maximum absolute atomic E-state index is 10.3. The third-order valence-electron chi connectivity index (χ3n) is 4.61. The molecule has 4 unspecified atom stereocenters. The number of aliphatic hydroxyl groups is 1. The van der Waals surface area contributed by atoms with Crippen molar-refractivity contribution in [2.75, 3.05) is 6.54 Å². The summed E-state index contributed by atoms with van der Waals surface area (Å²) in [6.07, 6.45) is 4.61. The predicted molar refractivity (Wildman–Crippen MR) is 76.3 cm³/mol. The van der Waals surface area contributed by atoms with Crippen molar-refractivity contribution in [2.45, 2.75) is 37.8 Å². The fourth-order valence-corrected chi connectivity index (χ4v) is 3.89. The Hall–Kier alpha value is -0.380. The number of hydrogen-bond donors (Lipinski definition) is 2. The summed E-state index contributed by atoms with van der Waals surface area (Å²) in [5, 5.41) is 13.9. The van der Waals surface area contributed by atoms with E-state index in [4.69, 9.17) is 0 Å². The van der Waals surface area contributed by atoms with Gasteiger partial charge in [-0.2, -0.15) is 0 Å². The number of halogens is 1. The van der Waals surface area contributed by atoms with Crippen molar-refractivity contribution in [1.82, 2.24) is 5.32 Å². The van der Waals surface area contributed by atoms with Gasteiger partial charge in [0.2, 0.25) is 0 Å². The van der Waals surface area contributed by atoms with Crippen molar-refractivity contribution in [2.24, 2.45) is 11.8 Å². The van der Waals surface area contributed by atoms with Crippen LogP contribution in [0.15, 0.2) is 28.7 Å². The molecule has 4 atom stereocenters. The summed E-state index contributed by atoms with van der Waals surface area (Å²) >= 11 is 3.43. The van der Waals surface area contributed by atoms with E-state index in [1.54, 1.807) is 0 Å². The first kappa shape index (κ1) is 12.6. The van der Waals surface area contributed by atoms with Crippen LogP contribution in [0.25, 0.3) is 0 Å². The van der Waals surface area contributed by atoms with E-state index in [9.17, 15) is 5.11 Å². The quantitative estimate of drug-likeness (QED) is 0.898. The third-order valence-corrected chi connectivity index (χ3v) is 5.14. The standard InChI is InChI=1S/C15H20BrNO/c16-12-6-4-10(5-7-12)15(18)8-14-13-3-1-2-11(13)9-17-14/h4-7,11,13-15,17-18H,1-3,8-9H2. The summed E-state index contributed by atoms with van der Waals surface area (Å²) < 4.78 is 1.06. The van der Waals surface area contributed by atoms with Crippen molar-refractivity contribution in [3.8, 4) is 0 Å². The van der Waals surface area contributed by atoms with Gasteiger partial charge in [0.25, 0.3) is 0 Å². The Morgan fingerprint density at radius 3 is 2.83 bits per heavy atom. The molecule has 18 heavy (non-hydrogen) atoms. The molecule has 1 aliphatic carbocycles. The second kappa shape index (κ2) is 5.32. The molecule has 1 heterocycles. The molecule has 3 heteroatoms. The molecule has 0 aromatic heterocycles. The second-order valence-electron chi connectivity index (χ2n) is 5.67. The Morgan fingerprint density at radius 2 is 2.06 bits per heavy atom. The zero-order chi connectivity index (χ0) is 12.5. The molecule has 0 amide bonds. The van der Waals surface area contributed by atoms with Crippen LogP contribution in [0.1, 0.15) is 37.4 Å². The Balaban J connectivity index is 1.64. The van der Waals surface area contributed by atoms with E-state index in [-0.39, 0.29) is 6.10 Å². The zero-order valence-electron chi connectivity index (χ0n) is 10.5. The molecule has 1 saturated heterocycles. The summed E-state index contributed by atoms with van der Waals surface area (Å²) in [5.41, 5.74) is 1.03. The molecule has 1 aliphatic heterocycles. The highest BCUT2D eigenvalue weighted by Crippen LogP contribution is 2.40. The highest BCUT2D eigenvalue weighted by Gasteiger charge is 2.39. The van der Waals surface area contributed by atoms with Gasteiger partial charge in [0, 0.05) is 10.5 Å². The van der Waals surface area contributed by atoms with Gasteiger partial charge in [0.1, 0.15) is 0 Å². The van der Waals surface area contributed by atoms with Gasteiger partial charge < -0.3 is 10.4 Å². The Morgan fingerprint density at radius 1 is 1.28 bits per heavy atom. The van der Waals surface area contributed by atoms with E-state index in [0.717, 1.165) is 34.8 Å². The molecule has 98 valence electrons. The lowest BCUT2D eigenvalue weighted by molar-refractivity contribution is 0.145. The summed E-state index contributed by atoms with van der Waals surface area (Å²) in [5.74, 6) is 1.67. The van der Waals surface area contributed by atoms with Crippen LogP contribution < -0.4 is 5.32 Å². The molecular formula is C15H20BrNO. The van der Waals surface area contributed by atoms with Gasteiger partial charge in [-0.1, -0.05) is 34.5 Å². The van der Waals surface area contributed by atoms with Gasteiger partial charge in [0.15, 0.2) is 0 Å². The molecule has 0 spiro atoms. The fraction of sp³-hybridized carbons (Fsp3) is 0.600. The van der Waals surface area contributed by atoms with Gasteiger partial charge in [0.05, 0.1) is 6.10 Å². The monoisotopic (exact) mass is 309 g/mol. The minimum absolute atomic E-state index is 0.338. The second-order valence-corrected chi connectivity index (χ2v) is 6.59. The molecule has 0 radical (unpaired) electrons. The number of nitrogens with one attached hydrogen (secondary N) is 1. The van der Waals surface area contributed by atoms with E-state index in [0.29, 0.717) is 6.04 Å². The van der Waals surface area contributed by atoms with Gasteiger partial charge in [-0.3, -0.25) is 0 Å². The molecule has 1 saturated carbocycles. The first-order chi connectivity index (χ1) is 8.74. The highest BCUT2D eigenvalue weighted by atomic mass is 79.9. The summed E-state index contributed by atoms with van der Waals surface area (Å²) in [4.78, 5) is 0. The van der Waals surface area contributed by atoms with Crippen LogP contribution in [0.3, 0.4) is 0 Å². The number of rotatable bonds is 3. The first-order valence-electron chi connectivity index (χ1n) is 6.91. The number of benzene rings is 1. The minimum atomic E-state index is -0.338. The SMILES string of the molecule is OC(CC1NCC2CCCC21)c1ccc(Br)cc1. The van der Waals surface area contributed by atoms with Crippen LogP contribution in [0.2, 0.25) is 0 Å².